The van der Waals surface area contributed by atoms with Gasteiger partial charge in [0, 0.05) is 10.2 Å². The van der Waals surface area contributed by atoms with E-state index in [1.165, 1.54) is 0 Å². The molecule has 0 radical (unpaired) electrons. The van der Waals surface area contributed by atoms with Crippen molar-refractivity contribution in [2.45, 2.75) is 20.0 Å². The van der Waals surface area contributed by atoms with Crippen molar-refractivity contribution in [2.75, 3.05) is 11.9 Å². The van der Waals surface area contributed by atoms with Crippen molar-refractivity contribution in [3.8, 4) is 5.75 Å². The molecule has 3 amide bonds. The van der Waals surface area contributed by atoms with Crippen LogP contribution in [0.2, 0.25) is 0 Å². The second-order valence-electron chi connectivity index (χ2n) is 5.86. The van der Waals surface area contributed by atoms with Gasteiger partial charge in [-0.05, 0) is 61.4 Å². The molecule has 3 N–H and O–H groups in total. The monoisotopic (exact) mass is 459 g/mol. The number of benzene rings is 2. The van der Waals surface area contributed by atoms with Crippen molar-refractivity contribution in [3.63, 3.8) is 0 Å². The SMILES string of the molecule is Cc1cc(OCC(=O)NNC(=O)Nc2ccc(C(F)(F)F)cc2)cc(C)c1Br. The number of amides is 3. The third-order valence-electron chi connectivity index (χ3n) is 3.57. The Labute approximate surface area is 167 Å². The van der Waals surface area contributed by atoms with Gasteiger partial charge in [0.2, 0.25) is 0 Å². The Kier molecular flexibility index (Phi) is 6.90. The van der Waals surface area contributed by atoms with E-state index in [4.69, 9.17) is 4.74 Å². The zero-order valence-electron chi connectivity index (χ0n) is 14.9. The molecule has 0 heterocycles. The standard InChI is InChI=1S/C18H17BrF3N3O3/c1-10-7-14(8-11(2)16(10)19)28-9-15(26)24-25-17(27)23-13-5-3-12(4-6-13)18(20,21)22/h3-8H,9H2,1-2H3,(H,24,26)(H2,23,25,27). The van der Waals surface area contributed by atoms with Crippen molar-refractivity contribution in [1.29, 1.82) is 0 Å². The predicted molar refractivity (Wildman–Crippen MR) is 101 cm³/mol. The van der Waals surface area contributed by atoms with E-state index < -0.39 is 23.7 Å². The Morgan fingerprint density at radius 3 is 2.14 bits per heavy atom. The summed E-state index contributed by atoms with van der Waals surface area (Å²) in [7, 11) is 0. The summed E-state index contributed by atoms with van der Waals surface area (Å²) in [6.07, 6.45) is -4.46. The molecule has 0 aliphatic carbocycles. The van der Waals surface area contributed by atoms with Crippen molar-refractivity contribution < 1.29 is 27.5 Å². The molecule has 6 nitrogen and oxygen atoms in total. The topological polar surface area (TPSA) is 79.5 Å². The van der Waals surface area contributed by atoms with E-state index in [-0.39, 0.29) is 12.3 Å². The van der Waals surface area contributed by atoms with Crippen molar-refractivity contribution in [2.24, 2.45) is 0 Å². The number of hydrazine groups is 1. The second kappa shape index (κ2) is 8.96. The van der Waals surface area contributed by atoms with Crippen molar-refractivity contribution in [3.05, 3.63) is 57.6 Å². The minimum Gasteiger partial charge on any atom is -0.484 e. The summed E-state index contributed by atoms with van der Waals surface area (Å²) in [6.45, 7) is 3.44. The van der Waals surface area contributed by atoms with Gasteiger partial charge in [-0.1, -0.05) is 15.9 Å². The lowest BCUT2D eigenvalue weighted by molar-refractivity contribution is -0.137. The Hall–Kier alpha value is -2.75. The molecule has 0 saturated heterocycles. The molecule has 2 aromatic rings. The number of nitrogens with one attached hydrogen (secondary N) is 3. The van der Waals surface area contributed by atoms with Crippen LogP contribution in [0.25, 0.3) is 0 Å². The molecule has 0 unspecified atom stereocenters. The molecule has 0 aliphatic heterocycles. The number of alkyl halides is 3. The number of halogens is 4. The first-order chi connectivity index (χ1) is 13.1. The van der Waals surface area contributed by atoms with E-state index in [2.05, 4.69) is 32.1 Å². The number of carbonyl (C=O) groups is 2. The van der Waals surface area contributed by atoms with Gasteiger partial charge in [0.1, 0.15) is 5.75 Å². The number of carbonyl (C=O) groups excluding carboxylic acids is 2. The minimum absolute atomic E-state index is 0.136. The number of hydrogen-bond donors (Lipinski definition) is 3. The quantitative estimate of drug-likeness (QED) is 0.595. The van der Waals surface area contributed by atoms with Crippen LogP contribution in [0, 0.1) is 13.8 Å². The zero-order chi connectivity index (χ0) is 20.9. The summed E-state index contributed by atoms with van der Waals surface area (Å²) in [5.41, 5.74) is 5.42. The van der Waals surface area contributed by atoms with Crippen LogP contribution >= 0.6 is 15.9 Å². The second-order valence-corrected chi connectivity index (χ2v) is 6.66. The smallest absolute Gasteiger partial charge is 0.416 e. The Bertz CT molecular complexity index is 848. The molecule has 10 heteroatoms. The lowest BCUT2D eigenvalue weighted by Gasteiger charge is -2.12. The zero-order valence-corrected chi connectivity index (χ0v) is 16.5. The first-order valence-electron chi connectivity index (χ1n) is 7.99. The number of rotatable bonds is 4. The maximum atomic E-state index is 12.5. The summed E-state index contributed by atoms with van der Waals surface area (Å²) >= 11 is 3.43. The van der Waals surface area contributed by atoms with Crippen LogP contribution in [0.5, 0.6) is 5.75 Å². The van der Waals surface area contributed by atoms with Gasteiger partial charge >= 0.3 is 12.2 Å². The summed E-state index contributed by atoms with van der Waals surface area (Å²) in [6, 6.07) is 6.58. The van der Waals surface area contributed by atoms with Crippen molar-refractivity contribution in [1.82, 2.24) is 10.9 Å². The highest BCUT2D eigenvalue weighted by molar-refractivity contribution is 9.10. The number of aryl methyl sites for hydroxylation is 2. The van der Waals surface area contributed by atoms with Gasteiger partial charge in [-0.3, -0.25) is 10.2 Å². The maximum absolute atomic E-state index is 12.5. The normalized spacial score (nSPS) is 10.9. The fourth-order valence-electron chi connectivity index (χ4n) is 2.21. The summed E-state index contributed by atoms with van der Waals surface area (Å²) in [5, 5.41) is 2.29. The molecule has 0 aliphatic rings. The molecule has 2 aromatic carbocycles. The molecule has 150 valence electrons. The molecule has 0 spiro atoms. The first kappa shape index (κ1) is 21.5. The molecule has 0 fully saturated rings. The van der Waals surface area contributed by atoms with Gasteiger partial charge in [-0.15, -0.1) is 0 Å². The molecule has 0 atom stereocenters. The Balaban J connectivity index is 1.78. The summed E-state index contributed by atoms with van der Waals surface area (Å²) < 4.78 is 43.8. The summed E-state index contributed by atoms with van der Waals surface area (Å²) in [5.74, 6) is -0.108. The first-order valence-corrected chi connectivity index (χ1v) is 8.78. The largest absolute Gasteiger partial charge is 0.484 e. The number of anilines is 1. The van der Waals surface area contributed by atoms with Gasteiger partial charge in [0.15, 0.2) is 6.61 Å². The fraction of sp³-hybridized carbons (Fsp3) is 0.222. The molecular weight excluding hydrogens is 443 g/mol. The highest BCUT2D eigenvalue weighted by Crippen LogP contribution is 2.29. The average molecular weight is 460 g/mol. The fourth-order valence-corrected chi connectivity index (χ4v) is 2.43. The highest BCUT2D eigenvalue weighted by atomic mass is 79.9. The molecule has 0 bridgehead atoms. The van der Waals surface area contributed by atoms with Gasteiger partial charge in [0.25, 0.3) is 5.91 Å². The summed E-state index contributed by atoms with van der Waals surface area (Å²) in [4.78, 5) is 23.4. The number of hydrogen-bond acceptors (Lipinski definition) is 3. The van der Waals surface area contributed by atoms with Crippen LogP contribution < -0.4 is 20.9 Å². The van der Waals surface area contributed by atoms with Gasteiger partial charge in [-0.25, -0.2) is 10.2 Å². The van der Waals surface area contributed by atoms with Crippen LogP contribution in [-0.2, 0) is 11.0 Å². The lowest BCUT2D eigenvalue weighted by Crippen LogP contribution is -2.45. The predicted octanol–water partition coefficient (Wildman–Crippen LogP) is 4.32. The van der Waals surface area contributed by atoms with Crippen LogP contribution in [-0.4, -0.2) is 18.5 Å². The van der Waals surface area contributed by atoms with E-state index in [0.717, 1.165) is 39.9 Å². The third kappa shape index (κ3) is 6.15. The highest BCUT2D eigenvalue weighted by Gasteiger charge is 2.29. The van der Waals surface area contributed by atoms with E-state index in [1.54, 1.807) is 12.1 Å². The average Bonchev–Trinajstić information content (AvgIpc) is 2.62. The van der Waals surface area contributed by atoms with E-state index in [0.29, 0.717) is 5.75 Å². The van der Waals surface area contributed by atoms with Gasteiger partial charge < -0.3 is 10.1 Å². The van der Waals surface area contributed by atoms with Gasteiger partial charge in [0.05, 0.1) is 5.56 Å². The van der Waals surface area contributed by atoms with Crippen molar-refractivity contribution >= 4 is 33.6 Å². The Morgan fingerprint density at radius 1 is 1.04 bits per heavy atom. The minimum atomic E-state index is -4.46. The molecule has 0 saturated carbocycles. The third-order valence-corrected chi connectivity index (χ3v) is 4.82. The Morgan fingerprint density at radius 2 is 1.61 bits per heavy atom. The molecule has 2 rings (SSSR count). The lowest BCUT2D eigenvalue weighted by atomic mass is 10.1. The number of ether oxygens (including phenoxy) is 1. The number of urea groups is 1. The molecule has 28 heavy (non-hydrogen) atoms. The van der Waals surface area contributed by atoms with E-state index >= 15 is 0 Å². The van der Waals surface area contributed by atoms with E-state index in [9.17, 15) is 22.8 Å². The molecule has 0 aromatic heterocycles. The van der Waals surface area contributed by atoms with Gasteiger partial charge in [-0.2, -0.15) is 13.2 Å². The van der Waals surface area contributed by atoms with Crippen LogP contribution in [0.1, 0.15) is 16.7 Å². The molecular formula is C18H17BrF3N3O3. The van der Waals surface area contributed by atoms with Crippen LogP contribution in [0.15, 0.2) is 40.9 Å². The maximum Gasteiger partial charge on any atom is 0.416 e. The van der Waals surface area contributed by atoms with Crippen LogP contribution in [0.3, 0.4) is 0 Å². The van der Waals surface area contributed by atoms with E-state index in [1.807, 2.05) is 13.8 Å². The van der Waals surface area contributed by atoms with Crippen LogP contribution in [0.4, 0.5) is 23.7 Å².